The molecule has 0 bridgehead atoms. The minimum absolute atomic E-state index is 0.00310. The molecule has 1 aliphatic rings. The van der Waals surface area contributed by atoms with Gasteiger partial charge in [0.1, 0.15) is 5.82 Å². The standard InChI is InChI=1S/C20H23FN2O2/c1-25-19-5-3-11-23(20(24)13-16-4-2-10-22-14-16)18(19)12-15-6-8-17(21)9-7-15/h2,4,6-10,14,18-19H,3,5,11-13H2,1H3/t18-,19-/m0/s1. The predicted molar refractivity (Wildman–Crippen MR) is 93.6 cm³/mol. The van der Waals surface area contributed by atoms with E-state index in [-0.39, 0.29) is 23.9 Å². The van der Waals surface area contributed by atoms with Crippen LogP contribution in [0.25, 0.3) is 0 Å². The zero-order chi connectivity index (χ0) is 17.6. The van der Waals surface area contributed by atoms with Crippen LogP contribution in [0.4, 0.5) is 4.39 Å². The largest absolute Gasteiger partial charge is 0.379 e. The van der Waals surface area contributed by atoms with Crippen LogP contribution in [0.5, 0.6) is 0 Å². The molecule has 1 saturated heterocycles. The van der Waals surface area contributed by atoms with E-state index in [4.69, 9.17) is 4.74 Å². The first-order valence-electron chi connectivity index (χ1n) is 8.63. The Labute approximate surface area is 147 Å². The number of carbonyl (C=O) groups is 1. The van der Waals surface area contributed by atoms with Crippen molar-refractivity contribution in [2.45, 2.75) is 37.8 Å². The molecule has 0 aliphatic carbocycles. The van der Waals surface area contributed by atoms with Gasteiger partial charge in [-0.1, -0.05) is 18.2 Å². The molecule has 1 aromatic heterocycles. The summed E-state index contributed by atoms with van der Waals surface area (Å²) in [5.41, 5.74) is 1.92. The molecule has 2 heterocycles. The molecule has 4 nitrogen and oxygen atoms in total. The number of hydrogen-bond donors (Lipinski definition) is 0. The second-order valence-electron chi connectivity index (χ2n) is 6.44. The number of ether oxygens (including phenoxy) is 1. The normalized spacial score (nSPS) is 20.5. The summed E-state index contributed by atoms with van der Waals surface area (Å²) in [5.74, 6) is -0.165. The van der Waals surface area contributed by atoms with Gasteiger partial charge in [0.25, 0.3) is 0 Å². The third-order valence-electron chi connectivity index (χ3n) is 4.78. The summed E-state index contributed by atoms with van der Waals surface area (Å²) in [6.45, 7) is 0.727. The van der Waals surface area contributed by atoms with Crippen molar-refractivity contribution in [3.05, 3.63) is 65.7 Å². The summed E-state index contributed by atoms with van der Waals surface area (Å²) in [5, 5.41) is 0. The van der Waals surface area contributed by atoms with Crippen molar-refractivity contribution in [1.29, 1.82) is 0 Å². The number of aromatic nitrogens is 1. The Morgan fingerprint density at radius 2 is 2.08 bits per heavy atom. The number of rotatable bonds is 5. The Balaban J connectivity index is 1.76. The average Bonchev–Trinajstić information content (AvgIpc) is 2.64. The first kappa shape index (κ1) is 17.5. The molecule has 0 spiro atoms. The van der Waals surface area contributed by atoms with Gasteiger partial charge in [0.05, 0.1) is 18.6 Å². The number of methoxy groups -OCH3 is 1. The second-order valence-corrected chi connectivity index (χ2v) is 6.44. The fourth-order valence-electron chi connectivity index (χ4n) is 3.49. The molecular weight excluding hydrogens is 319 g/mol. The monoisotopic (exact) mass is 342 g/mol. The zero-order valence-corrected chi connectivity index (χ0v) is 14.4. The van der Waals surface area contributed by atoms with Gasteiger partial charge < -0.3 is 9.64 Å². The predicted octanol–water partition coefficient (Wildman–Crippen LogP) is 3.01. The van der Waals surface area contributed by atoms with Crippen LogP contribution in [0.3, 0.4) is 0 Å². The highest BCUT2D eigenvalue weighted by Crippen LogP contribution is 2.24. The lowest BCUT2D eigenvalue weighted by molar-refractivity contribution is -0.139. The molecular formula is C20H23FN2O2. The minimum atomic E-state index is -0.250. The number of benzene rings is 1. The Kier molecular flexibility index (Phi) is 5.76. The van der Waals surface area contributed by atoms with Crippen LogP contribution in [0.2, 0.25) is 0 Å². The maximum absolute atomic E-state index is 13.2. The van der Waals surface area contributed by atoms with Crippen LogP contribution in [0, 0.1) is 5.82 Å². The van der Waals surface area contributed by atoms with Gasteiger partial charge >= 0.3 is 0 Å². The van der Waals surface area contributed by atoms with E-state index in [1.54, 1.807) is 31.6 Å². The molecule has 1 aliphatic heterocycles. The Morgan fingerprint density at radius 3 is 2.76 bits per heavy atom. The summed E-state index contributed by atoms with van der Waals surface area (Å²) < 4.78 is 18.8. The van der Waals surface area contributed by atoms with Crippen molar-refractivity contribution < 1.29 is 13.9 Å². The van der Waals surface area contributed by atoms with Crippen LogP contribution < -0.4 is 0 Å². The van der Waals surface area contributed by atoms with Gasteiger partial charge in [0, 0.05) is 26.0 Å². The number of amides is 1. The van der Waals surface area contributed by atoms with E-state index < -0.39 is 0 Å². The van der Waals surface area contributed by atoms with E-state index in [9.17, 15) is 9.18 Å². The lowest BCUT2D eigenvalue weighted by atomic mass is 9.92. The lowest BCUT2D eigenvalue weighted by Gasteiger charge is -2.41. The number of nitrogens with zero attached hydrogens (tertiary/aromatic N) is 2. The maximum Gasteiger partial charge on any atom is 0.227 e. The molecule has 0 saturated carbocycles. The van der Waals surface area contributed by atoms with Crippen molar-refractivity contribution in [2.24, 2.45) is 0 Å². The quantitative estimate of drug-likeness (QED) is 0.839. The molecule has 1 fully saturated rings. The third kappa shape index (κ3) is 4.42. The molecule has 3 rings (SSSR count). The average molecular weight is 342 g/mol. The van der Waals surface area contributed by atoms with Crippen molar-refractivity contribution in [1.82, 2.24) is 9.88 Å². The molecule has 2 atom stereocenters. The van der Waals surface area contributed by atoms with Gasteiger partial charge in [-0.15, -0.1) is 0 Å². The highest BCUT2D eigenvalue weighted by molar-refractivity contribution is 5.79. The number of pyridine rings is 1. The van der Waals surface area contributed by atoms with E-state index in [1.807, 2.05) is 17.0 Å². The van der Waals surface area contributed by atoms with Gasteiger partial charge in [-0.05, 0) is 48.6 Å². The van der Waals surface area contributed by atoms with Gasteiger partial charge in [0.2, 0.25) is 5.91 Å². The number of hydrogen-bond acceptors (Lipinski definition) is 3. The van der Waals surface area contributed by atoms with Crippen LogP contribution in [0.15, 0.2) is 48.8 Å². The summed E-state index contributed by atoms with van der Waals surface area (Å²) in [6, 6.07) is 10.2. The molecule has 25 heavy (non-hydrogen) atoms. The molecule has 132 valence electrons. The number of piperidine rings is 1. The molecule has 2 aromatic rings. The molecule has 0 N–H and O–H groups in total. The zero-order valence-electron chi connectivity index (χ0n) is 14.4. The topological polar surface area (TPSA) is 42.4 Å². The van der Waals surface area contributed by atoms with Crippen LogP contribution >= 0.6 is 0 Å². The highest BCUT2D eigenvalue weighted by Gasteiger charge is 2.34. The molecule has 1 aromatic carbocycles. The summed E-state index contributed by atoms with van der Waals surface area (Å²) in [6.07, 6.45) is 6.28. The smallest absolute Gasteiger partial charge is 0.227 e. The molecule has 0 radical (unpaired) electrons. The van der Waals surface area contributed by atoms with Crippen molar-refractivity contribution in [3.8, 4) is 0 Å². The Morgan fingerprint density at radius 1 is 1.28 bits per heavy atom. The molecule has 5 heteroatoms. The van der Waals surface area contributed by atoms with Crippen molar-refractivity contribution in [3.63, 3.8) is 0 Å². The Hall–Kier alpha value is -2.27. The van der Waals surface area contributed by atoms with Gasteiger partial charge in [0.15, 0.2) is 0 Å². The van der Waals surface area contributed by atoms with Gasteiger partial charge in [-0.2, -0.15) is 0 Å². The first-order valence-corrected chi connectivity index (χ1v) is 8.63. The SMILES string of the molecule is CO[C@H]1CCCN(C(=O)Cc2cccnc2)[C@H]1Cc1ccc(F)cc1. The van der Waals surface area contributed by atoms with E-state index in [0.29, 0.717) is 12.8 Å². The molecule has 0 unspecified atom stereocenters. The van der Waals surface area contributed by atoms with Crippen LogP contribution in [-0.4, -0.2) is 41.6 Å². The second kappa shape index (κ2) is 8.21. The lowest BCUT2D eigenvalue weighted by Crippen LogP contribution is -2.53. The minimum Gasteiger partial charge on any atom is -0.379 e. The van der Waals surface area contributed by atoms with Gasteiger partial charge in [-0.25, -0.2) is 4.39 Å². The Bertz CT molecular complexity index is 691. The highest BCUT2D eigenvalue weighted by atomic mass is 19.1. The number of carbonyl (C=O) groups excluding carboxylic acids is 1. The van der Waals surface area contributed by atoms with Gasteiger partial charge in [-0.3, -0.25) is 9.78 Å². The van der Waals surface area contributed by atoms with Crippen molar-refractivity contribution in [2.75, 3.05) is 13.7 Å². The number of halogens is 1. The van der Waals surface area contributed by atoms with Crippen LogP contribution in [-0.2, 0) is 22.4 Å². The first-order chi connectivity index (χ1) is 12.2. The van der Waals surface area contributed by atoms with E-state index in [2.05, 4.69) is 4.98 Å². The summed E-state index contributed by atoms with van der Waals surface area (Å²) >= 11 is 0. The molecule has 1 amide bonds. The summed E-state index contributed by atoms with van der Waals surface area (Å²) in [4.78, 5) is 18.9. The number of likely N-dealkylation sites (tertiary alicyclic amines) is 1. The van der Waals surface area contributed by atoms with E-state index in [1.165, 1.54) is 12.1 Å². The third-order valence-corrected chi connectivity index (χ3v) is 4.78. The fourth-order valence-corrected chi connectivity index (χ4v) is 3.49. The van der Waals surface area contributed by atoms with Crippen LogP contribution in [0.1, 0.15) is 24.0 Å². The van der Waals surface area contributed by atoms with Crippen molar-refractivity contribution >= 4 is 5.91 Å². The summed E-state index contributed by atoms with van der Waals surface area (Å²) in [7, 11) is 1.69. The van der Waals surface area contributed by atoms with E-state index >= 15 is 0 Å². The fraction of sp³-hybridized carbons (Fsp3) is 0.400. The maximum atomic E-state index is 13.2. The van der Waals surface area contributed by atoms with E-state index in [0.717, 1.165) is 30.5 Å².